The number of ether oxygens (including phenoxy) is 2. The zero-order valence-electron chi connectivity index (χ0n) is 20.8. The average molecular weight is 485 g/mol. The van der Waals surface area contributed by atoms with Crippen molar-refractivity contribution >= 4 is 22.8 Å². The maximum absolute atomic E-state index is 13.4. The van der Waals surface area contributed by atoms with Crippen LogP contribution in [0, 0.1) is 5.21 Å². The molecule has 3 aromatic carbocycles. The van der Waals surface area contributed by atoms with Gasteiger partial charge in [0.15, 0.2) is 5.69 Å². The van der Waals surface area contributed by atoms with Crippen LogP contribution in [0.5, 0.6) is 5.75 Å². The smallest absolute Gasteiger partial charge is 0.338 e. The third kappa shape index (κ3) is 5.20. The molecule has 4 aromatic rings. The van der Waals surface area contributed by atoms with E-state index in [4.69, 9.17) is 9.47 Å². The number of carbonyl (C=O) groups is 2. The molecule has 0 unspecified atom stereocenters. The molecule has 0 fully saturated rings. The van der Waals surface area contributed by atoms with Crippen LogP contribution >= 0.6 is 0 Å². The molecule has 0 spiro atoms. The number of rotatable bonds is 7. The summed E-state index contributed by atoms with van der Waals surface area (Å²) in [5.41, 5.74) is 2.17. The van der Waals surface area contributed by atoms with Crippen molar-refractivity contribution in [1.82, 2.24) is 4.98 Å². The summed E-state index contributed by atoms with van der Waals surface area (Å²) in [4.78, 5) is 30.6. The second-order valence-electron chi connectivity index (χ2n) is 9.38. The lowest BCUT2D eigenvalue weighted by molar-refractivity contribution is -0.580. The highest BCUT2D eigenvalue weighted by atomic mass is 16.5. The Morgan fingerprint density at radius 1 is 0.944 bits per heavy atom. The first-order valence-electron chi connectivity index (χ1n) is 11.8. The first-order valence-corrected chi connectivity index (χ1v) is 11.8. The number of fused-ring (bicyclic) bond motifs is 1. The minimum atomic E-state index is -0.570. The van der Waals surface area contributed by atoms with Gasteiger partial charge in [0.25, 0.3) is 11.5 Å². The summed E-state index contributed by atoms with van der Waals surface area (Å²) in [6.07, 6.45) is 0. The molecule has 184 valence electrons. The summed E-state index contributed by atoms with van der Waals surface area (Å²) >= 11 is 0. The van der Waals surface area contributed by atoms with Crippen molar-refractivity contribution in [3.63, 3.8) is 0 Å². The molecule has 0 saturated carbocycles. The number of hydrogen-bond acceptors (Lipinski definition) is 6. The Morgan fingerprint density at radius 2 is 1.64 bits per heavy atom. The van der Waals surface area contributed by atoms with Gasteiger partial charge in [-0.15, -0.1) is 0 Å². The van der Waals surface area contributed by atoms with Gasteiger partial charge in [-0.25, -0.2) is 9.78 Å². The van der Waals surface area contributed by atoms with Crippen LogP contribution in [0.25, 0.3) is 11.0 Å². The zero-order valence-corrected chi connectivity index (χ0v) is 20.8. The Kier molecular flexibility index (Phi) is 7.01. The Hall–Kier alpha value is -4.26. The highest BCUT2D eigenvalue weighted by molar-refractivity contribution is 6.07. The summed E-state index contributed by atoms with van der Waals surface area (Å²) in [7, 11) is 0. The highest BCUT2D eigenvalue weighted by Gasteiger charge is 2.28. The lowest BCUT2D eigenvalue weighted by Crippen LogP contribution is -2.38. The molecule has 4 rings (SSSR count). The molecule has 0 aliphatic carbocycles. The molecule has 1 aromatic heterocycles. The summed E-state index contributed by atoms with van der Waals surface area (Å²) in [6, 6.07) is 20.5. The number of esters is 1. The summed E-state index contributed by atoms with van der Waals surface area (Å²) in [5.74, 6) is -0.589. The van der Waals surface area contributed by atoms with Crippen molar-refractivity contribution in [2.75, 3.05) is 6.61 Å². The van der Waals surface area contributed by atoms with Gasteiger partial charge in [-0.1, -0.05) is 63.2 Å². The second-order valence-corrected chi connectivity index (χ2v) is 9.38. The van der Waals surface area contributed by atoms with E-state index in [1.165, 1.54) is 0 Å². The second kappa shape index (κ2) is 10.2. The van der Waals surface area contributed by atoms with Gasteiger partial charge in [0.2, 0.25) is 5.52 Å². The maximum Gasteiger partial charge on any atom is 0.338 e. The van der Waals surface area contributed by atoms with Crippen LogP contribution in [-0.2, 0) is 16.8 Å². The van der Waals surface area contributed by atoms with Crippen molar-refractivity contribution in [2.24, 2.45) is 0 Å². The van der Waals surface area contributed by atoms with Crippen molar-refractivity contribution < 1.29 is 23.8 Å². The topological polar surface area (TPSA) is 92.4 Å². The predicted octanol–water partition coefficient (Wildman–Crippen LogP) is 5.15. The molecular weight excluding hydrogens is 456 g/mol. The van der Waals surface area contributed by atoms with Crippen LogP contribution in [0.1, 0.15) is 65.4 Å². The van der Waals surface area contributed by atoms with E-state index in [9.17, 15) is 14.8 Å². The molecule has 0 N–H and O–H groups in total. The van der Waals surface area contributed by atoms with E-state index in [1.54, 1.807) is 60.7 Å². The SMILES string of the molecule is CCOc1ccc2nc(COC(=O)c3ccc(C(C)(C)C)cc3)c(C(=O)c3ccccc3)[n+]([O-])c2c1. The molecule has 36 heavy (non-hydrogen) atoms. The average Bonchev–Trinajstić information content (AvgIpc) is 2.87. The van der Waals surface area contributed by atoms with Crippen molar-refractivity contribution in [2.45, 2.75) is 39.7 Å². The first kappa shape index (κ1) is 24.9. The normalized spacial score (nSPS) is 11.3. The van der Waals surface area contributed by atoms with Gasteiger partial charge >= 0.3 is 5.97 Å². The monoisotopic (exact) mass is 484 g/mol. The van der Waals surface area contributed by atoms with Crippen molar-refractivity contribution in [3.05, 3.63) is 106 Å². The Bertz CT molecular complexity index is 1410. The third-order valence-corrected chi connectivity index (χ3v) is 5.79. The van der Waals surface area contributed by atoms with Crippen LogP contribution < -0.4 is 9.47 Å². The number of aromatic nitrogens is 2. The molecule has 0 aliphatic heterocycles. The van der Waals surface area contributed by atoms with Gasteiger partial charge in [-0.3, -0.25) is 4.79 Å². The Morgan fingerprint density at radius 3 is 2.28 bits per heavy atom. The van der Waals surface area contributed by atoms with Crippen molar-refractivity contribution in [3.8, 4) is 5.75 Å². The highest BCUT2D eigenvalue weighted by Crippen LogP contribution is 2.23. The standard InChI is InChI=1S/C29H28N2O5/c1-5-35-22-15-16-23-25(17-22)31(34)26(27(32)19-9-7-6-8-10-19)24(30-23)18-36-28(33)20-11-13-21(14-12-20)29(2,3)4/h6-17H,5,18H2,1-4H3. The number of benzene rings is 3. The predicted molar refractivity (Wildman–Crippen MR) is 136 cm³/mol. The molecule has 0 bridgehead atoms. The van der Waals surface area contributed by atoms with Crippen molar-refractivity contribution in [1.29, 1.82) is 0 Å². The van der Waals surface area contributed by atoms with E-state index < -0.39 is 11.8 Å². The number of hydrogen-bond donors (Lipinski definition) is 0. The maximum atomic E-state index is 13.4. The van der Waals surface area contributed by atoms with Crippen LogP contribution in [-0.4, -0.2) is 23.3 Å². The van der Waals surface area contributed by atoms with Crippen LogP contribution in [0.15, 0.2) is 72.8 Å². The van der Waals surface area contributed by atoms with E-state index in [-0.39, 0.29) is 28.9 Å². The molecule has 0 aliphatic rings. The van der Waals surface area contributed by atoms with E-state index in [0.29, 0.717) is 33.7 Å². The first-order chi connectivity index (χ1) is 17.2. The van der Waals surface area contributed by atoms with E-state index >= 15 is 0 Å². The van der Waals surface area contributed by atoms with Gasteiger partial charge in [0.1, 0.15) is 17.9 Å². The molecule has 0 saturated heterocycles. The van der Waals surface area contributed by atoms with Gasteiger partial charge in [-0.05, 0) is 42.2 Å². The van der Waals surface area contributed by atoms with E-state index in [2.05, 4.69) is 25.8 Å². The molecule has 1 heterocycles. The molecule has 0 amide bonds. The zero-order chi connectivity index (χ0) is 25.9. The Balaban J connectivity index is 1.70. The molecule has 0 atom stereocenters. The fourth-order valence-corrected chi connectivity index (χ4v) is 3.83. The van der Waals surface area contributed by atoms with Crippen LogP contribution in [0.4, 0.5) is 0 Å². The van der Waals surface area contributed by atoms with Gasteiger partial charge in [0, 0.05) is 5.56 Å². The van der Waals surface area contributed by atoms with Gasteiger partial charge < -0.3 is 14.7 Å². The lowest BCUT2D eigenvalue weighted by Gasteiger charge is -2.19. The fraction of sp³-hybridized carbons (Fsp3) is 0.241. The molecule has 7 heteroatoms. The van der Waals surface area contributed by atoms with Gasteiger partial charge in [-0.2, -0.15) is 4.73 Å². The van der Waals surface area contributed by atoms with E-state index in [0.717, 1.165) is 5.56 Å². The number of nitrogens with zero attached hydrogens (tertiary/aromatic N) is 2. The van der Waals surface area contributed by atoms with Crippen LogP contribution in [0.2, 0.25) is 0 Å². The minimum absolute atomic E-state index is 0.0477. The van der Waals surface area contributed by atoms with Gasteiger partial charge in [0.05, 0.1) is 18.2 Å². The summed E-state index contributed by atoms with van der Waals surface area (Å²) in [5, 5.41) is 13.4. The summed E-state index contributed by atoms with van der Waals surface area (Å²) < 4.78 is 11.6. The Labute approximate surface area is 209 Å². The minimum Gasteiger partial charge on any atom is -0.618 e. The largest absolute Gasteiger partial charge is 0.618 e. The molecule has 0 radical (unpaired) electrons. The fourth-order valence-electron chi connectivity index (χ4n) is 3.83. The number of carbonyl (C=O) groups excluding carboxylic acids is 2. The lowest BCUT2D eigenvalue weighted by atomic mass is 9.87. The molecular formula is C29H28N2O5. The number of ketones is 1. The quantitative estimate of drug-likeness (QED) is 0.156. The summed E-state index contributed by atoms with van der Waals surface area (Å²) in [6.45, 7) is 8.20. The van der Waals surface area contributed by atoms with Crippen LogP contribution in [0.3, 0.4) is 0 Å². The third-order valence-electron chi connectivity index (χ3n) is 5.79. The van der Waals surface area contributed by atoms with E-state index in [1.807, 2.05) is 19.1 Å². The molecule has 7 nitrogen and oxygen atoms in total.